The van der Waals surface area contributed by atoms with Gasteiger partial charge in [-0.05, 0) is 39.1 Å². The minimum atomic E-state index is 0.602. The zero-order chi connectivity index (χ0) is 13.7. The van der Waals surface area contributed by atoms with Gasteiger partial charge in [0.1, 0.15) is 11.5 Å². The fourth-order valence-corrected chi connectivity index (χ4v) is 2.60. The molecule has 1 fully saturated rings. The topological polar surface area (TPSA) is 31.6 Å². The van der Waals surface area contributed by atoms with E-state index in [1.807, 2.05) is 0 Å². The summed E-state index contributed by atoms with van der Waals surface area (Å²) in [5, 5.41) is 3.37. The predicted molar refractivity (Wildman–Crippen MR) is 78.1 cm³/mol. The molecule has 1 atom stereocenters. The van der Waals surface area contributed by atoms with Crippen molar-refractivity contribution in [2.75, 3.05) is 33.2 Å². The van der Waals surface area contributed by atoms with Gasteiger partial charge in [-0.3, -0.25) is 4.90 Å². The van der Waals surface area contributed by atoms with Crippen LogP contribution >= 0.6 is 0 Å². The molecular weight excluding hydrogens is 238 g/mol. The van der Waals surface area contributed by atoms with Crippen LogP contribution in [0.15, 0.2) is 16.5 Å². The molecule has 2 rings (SSSR count). The first kappa shape index (κ1) is 14.6. The van der Waals surface area contributed by atoms with Gasteiger partial charge < -0.3 is 14.6 Å². The fraction of sp³-hybridized carbons (Fsp3) is 0.733. The number of nitrogens with zero attached hydrogens (tertiary/aromatic N) is 2. The van der Waals surface area contributed by atoms with E-state index in [2.05, 4.69) is 48.1 Å². The average Bonchev–Trinajstić information content (AvgIpc) is 2.81. The number of likely N-dealkylation sites (N-methyl/N-ethyl adjacent to an activating group) is 1. The molecule has 0 radical (unpaired) electrons. The number of hydrogen-bond donors (Lipinski definition) is 1. The monoisotopic (exact) mass is 265 g/mol. The lowest BCUT2D eigenvalue weighted by Gasteiger charge is -2.37. The normalized spacial score (nSPS) is 21.9. The van der Waals surface area contributed by atoms with Crippen molar-refractivity contribution in [3.63, 3.8) is 0 Å². The van der Waals surface area contributed by atoms with Crippen molar-refractivity contribution in [3.05, 3.63) is 23.7 Å². The second kappa shape index (κ2) is 7.08. The maximum Gasteiger partial charge on any atom is 0.118 e. The van der Waals surface area contributed by atoms with E-state index in [0.29, 0.717) is 6.04 Å². The number of piperazine rings is 1. The lowest BCUT2D eigenvalue weighted by Crippen LogP contribution is -2.49. The van der Waals surface area contributed by atoms with E-state index < -0.39 is 0 Å². The SMILES string of the molecule is CCCNCc1ccc(CN2CCN(C)CC2C)o1. The van der Waals surface area contributed by atoms with Gasteiger partial charge in [-0.2, -0.15) is 0 Å². The predicted octanol–water partition coefficient (Wildman–Crippen LogP) is 1.92. The van der Waals surface area contributed by atoms with Gasteiger partial charge in [0.2, 0.25) is 0 Å². The molecule has 108 valence electrons. The van der Waals surface area contributed by atoms with Crippen molar-refractivity contribution in [1.82, 2.24) is 15.1 Å². The van der Waals surface area contributed by atoms with Gasteiger partial charge in [0.15, 0.2) is 0 Å². The quantitative estimate of drug-likeness (QED) is 0.796. The van der Waals surface area contributed by atoms with Crippen LogP contribution in [0.2, 0.25) is 0 Å². The van der Waals surface area contributed by atoms with E-state index in [9.17, 15) is 0 Å². The van der Waals surface area contributed by atoms with Crippen LogP contribution < -0.4 is 5.32 Å². The first-order valence-electron chi connectivity index (χ1n) is 7.40. The summed E-state index contributed by atoms with van der Waals surface area (Å²) in [4.78, 5) is 4.89. The molecule has 19 heavy (non-hydrogen) atoms. The third-order valence-electron chi connectivity index (χ3n) is 3.77. The summed E-state index contributed by atoms with van der Waals surface area (Å²) in [5.41, 5.74) is 0. The van der Waals surface area contributed by atoms with Gasteiger partial charge in [-0.25, -0.2) is 0 Å². The Morgan fingerprint density at radius 1 is 1.32 bits per heavy atom. The summed E-state index contributed by atoms with van der Waals surface area (Å²) < 4.78 is 5.89. The summed E-state index contributed by atoms with van der Waals surface area (Å²) in [7, 11) is 2.19. The molecular formula is C15H27N3O. The van der Waals surface area contributed by atoms with Crippen molar-refractivity contribution < 1.29 is 4.42 Å². The van der Waals surface area contributed by atoms with Crippen LogP contribution in [0.3, 0.4) is 0 Å². The molecule has 1 saturated heterocycles. The van der Waals surface area contributed by atoms with E-state index >= 15 is 0 Å². The molecule has 2 heterocycles. The van der Waals surface area contributed by atoms with Gasteiger partial charge in [0.05, 0.1) is 13.1 Å². The molecule has 0 spiro atoms. The molecule has 4 heteroatoms. The van der Waals surface area contributed by atoms with Gasteiger partial charge in [-0.1, -0.05) is 6.92 Å². The smallest absolute Gasteiger partial charge is 0.118 e. The minimum Gasteiger partial charge on any atom is -0.463 e. The summed E-state index contributed by atoms with van der Waals surface area (Å²) in [6.07, 6.45) is 1.16. The number of rotatable bonds is 6. The highest BCUT2D eigenvalue weighted by Gasteiger charge is 2.22. The average molecular weight is 265 g/mol. The fourth-order valence-electron chi connectivity index (χ4n) is 2.60. The molecule has 1 aromatic rings. The maximum absolute atomic E-state index is 5.89. The first-order valence-corrected chi connectivity index (χ1v) is 7.40. The Kier molecular flexibility index (Phi) is 5.43. The van der Waals surface area contributed by atoms with Crippen molar-refractivity contribution >= 4 is 0 Å². The second-order valence-electron chi connectivity index (χ2n) is 5.63. The molecule has 0 amide bonds. The minimum absolute atomic E-state index is 0.602. The molecule has 0 aromatic carbocycles. The van der Waals surface area contributed by atoms with Gasteiger partial charge in [0, 0.05) is 25.7 Å². The van der Waals surface area contributed by atoms with Crippen LogP contribution in [0.5, 0.6) is 0 Å². The first-order chi connectivity index (χ1) is 9.19. The van der Waals surface area contributed by atoms with E-state index in [-0.39, 0.29) is 0 Å². The number of nitrogens with one attached hydrogen (secondary N) is 1. The molecule has 0 aliphatic carbocycles. The lowest BCUT2D eigenvalue weighted by atomic mass is 10.2. The van der Waals surface area contributed by atoms with Gasteiger partial charge in [0.25, 0.3) is 0 Å². The molecule has 1 N–H and O–H groups in total. The Hall–Kier alpha value is -0.840. The molecule has 4 nitrogen and oxygen atoms in total. The summed E-state index contributed by atoms with van der Waals surface area (Å²) in [5.74, 6) is 2.13. The lowest BCUT2D eigenvalue weighted by molar-refractivity contribution is 0.0871. The number of hydrogen-bond acceptors (Lipinski definition) is 4. The van der Waals surface area contributed by atoms with Crippen molar-refractivity contribution in [1.29, 1.82) is 0 Å². The molecule has 0 saturated carbocycles. The molecule has 1 unspecified atom stereocenters. The Morgan fingerprint density at radius 2 is 2.11 bits per heavy atom. The van der Waals surface area contributed by atoms with Crippen LogP contribution in [0, 0.1) is 0 Å². The molecule has 1 aliphatic heterocycles. The van der Waals surface area contributed by atoms with Gasteiger partial charge >= 0.3 is 0 Å². The zero-order valence-electron chi connectivity index (χ0n) is 12.5. The highest BCUT2D eigenvalue weighted by atomic mass is 16.3. The Bertz CT molecular complexity index is 377. The third-order valence-corrected chi connectivity index (χ3v) is 3.77. The maximum atomic E-state index is 5.89. The highest BCUT2D eigenvalue weighted by molar-refractivity contribution is 5.07. The summed E-state index contributed by atoms with van der Waals surface area (Å²) in [6.45, 7) is 10.7. The van der Waals surface area contributed by atoms with E-state index in [1.165, 1.54) is 0 Å². The van der Waals surface area contributed by atoms with Crippen molar-refractivity contribution in [2.45, 2.75) is 39.4 Å². The zero-order valence-corrected chi connectivity index (χ0v) is 12.5. The molecule has 0 bridgehead atoms. The largest absolute Gasteiger partial charge is 0.463 e. The van der Waals surface area contributed by atoms with E-state index in [0.717, 1.165) is 57.2 Å². The van der Waals surface area contributed by atoms with Crippen LogP contribution in [0.1, 0.15) is 31.8 Å². The molecule has 1 aliphatic rings. The van der Waals surface area contributed by atoms with E-state index in [1.54, 1.807) is 0 Å². The molecule has 1 aromatic heterocycles. The Labute approximate surface area is 116 Å². The highest BCUT2D eigenvalue weighted by Crippen LogP contribution is 2.15. The van der Waals surface area contributed by atoms with Crippen LogP contribution in [-0.4, -0.2) is 49.1 Å². The van der Waals surface area contributed by atoms with E-state index in [4.69, 9.17) is 4.42 Å². The van der Waals surface area contributed by atoms with Crippen LogP contribution in [0.25, 0.3) is 0 Å². The van der Waals surface area contributed by atoms with Crippen LogP contribution in [-0.2, 0) is 13.1 Å². The Balaban J connectivity index is 1.82. The van der Waals surface area contributed by atoms with Crippen molar-refractivity contribution in [3.8, 4) is 0 Å². The van der Waals surface area contributed by atoms with Crippen molar-refractivity contribution in [2.24, 2.45) is 0 Å². The second-order valence-corrected chi connectivity index (χ2v) is 5.63. The number of furan rings is 1. The van der Waals surface area contributed by atoms with Gasteiger partial charge in [-0.15, -0.1) is 0 Å². The Morgan fingerprint density at radius 3 is 2.84 bits per heavy atom. The third kappa shape index (κ3) is 4.34. The summed E-state index contributed by atoms with van der Waals surface area (Å²) in [6, 6.07) is 4.82. The standard InChI is InChI=1S/C15H27N3O/c1-4-7-16-10-14-5-6-15(19-14)12-18-9-8-17(3)11-13(18)2/h5-6,13,16H,4,7-12H2,1-3H3. The summed E-state index contributed by atoms with van der Waals surface area (Å²) >= 11 is 0. The van der Waals surface area contributed by atoms with Crippen LogP contribution in [0.4, 0.5) is 0 Å².